The van der Waals surface area contributed by atoms with Gasteiger partial charge in [0.05, 0.1) is 26.4 Å². The predicted molar refractivity (Wildman–Crippen MR) is 247 cm³/mol. The zero-order chi connectivity index (χ0) is 44.0. The molecule has 0 aromatic carbocycles. The summed E-state index contributed by atoms with van der Waals surface area (Å²) in [5.74, 6) is -1.01. The maximum absolute atomic E-state index is 12.4. The summed E-state index contributed by atoms with van der Waals surface area (Å²) >= 11 is 0. The summed E-state index contributed by atoms with van der Waals surface area (Å²) in [6, 6.07) is 0. The SMILES string of the molecule is CCCCCCCCCC/C=C\CCCCCCCCCCCCCC(=O)OC(CO)COP(=O)(O)OCC(CO)OC(=O)CCCCCCCCCCCCCCCC. The molecule has 3 unspecified atom stereocenters. The van der Waals surface area contributed by atoms with Crippen LogP contribution in [-0.2, 0) is 32.7 Å². The first-order valence-electron chi connectivity index (χ1n) is 25.1. The van der Waals surface area contributed by atoms with E-state index in [1.165, 1.54) is 173 Å². The van der Waals surface area contributed by atoms with E-state index in [1.54, 1.807) is 0 Å². The van der Waals surface area contributed by atoms with E-state index in [9.17, 15) is 29.3 Å². The summed E-state index contributed by atoms with van der Waals surface area (Å²) in [7, 11) is -4.63. The molecule has 0 saturated carbocycles. The van der Waals surface area contributed by atoms with Crippen LogP contribution in [0.4, 0.5) is 0 Å². The van der Waals surface area contributed by atoms with Gasteiger partial charge in [-0.15, -0.1) is 0 Å². The van der Waals surface area contributed by atoms with Crippen LogP contribution in [0.5, 0.6) is 0 Å². The van der Waals surface area contributed by atoms with Crippen LogP contribution in [-0.4, -0.2) is 65.7 Å². The molecule has 10 nitrogen and oxygen atoms in total. The Labute approximate surface area is 368 Å². The van der Waals surface area contributed by atoms with Crippen LogP contribution < -0.4 is 0 Å². The summed E-state index contributed by atoms with van der Waals surface area (Å²) in [6.45, 7) is 2.25. The lowest BCUT2D eigenvalue weighted by Gasteiger charge is -2.20. The molecule has 3 atom stereocenters. The average molecular weight is 875 g/mol. The fraction of sp³-hybridized carbons (Fsp3) is 0.918. The summed E-state index contributed by atoms with van der Waals surface area (Å²) < 4.78 is 32.7. The van der Waals surface area contributed by atoms with Crippen molar-refractivity contribution < 1.29 is 47.8 Å². The number of esters is 2. The molecule has 0 spiro atoms. The second-order valence-electron chi connectivity index (χ2n) is 17.2. The normalized spacial score (nSPS) is 13.8. The molecule has 0 amide bonds. The van der Waals surface area contributed by atoms with E-state index in [0.717, 1.165) is 38.5 Å². The molecule has 0 aliphatic rings. The smallest absolute Gasteiger partial charge is 0.457 e. The van der Waals surface area contributed by atoms with Crippen LogP contribution in [0.15, 0.2) is 12.2 Å². The molecule has 0 fully saturated rings. The van der Waals surface area contributed by atoms with Gasteiger partial charge in [-0.1, -0.05) is 212 Å². The molecule has 0 radical (unpaired) electrons. The van der Waals surface area contributed by atoms with E-state index in [2.05, 4.69) is 26.0 Å². The summed E-state index contributed by atoms with van der Waals surface area (Å²) in [6.07, 6.45) is 46.2. The predicted octanol–water partition coefficient (Wildman–Crippen LogP) is 14.0. The van der Waals surface area contributed by atoms with Crippen molar-refractivity contribution in [2.45, 2.75) is 264 Å². The Morgan fingerprint density at radius 1 is 0.433 bits per heavy atom. The van der Waals surface area contributed by atoms with Gasteiger partial charge >= 0.3 is 19.8 Å². The highest BCUT2D eigenvalue weighted by Gasteiger charge is 2.27. The molecule has 0 rings (SSSR count). The Hall–Kier alpha value is -1.29. The van der Waals surface area contributed by atoms with Gasteiger partial charge in [0, 0.05) is 12.8 Å². The van der Waals surface area contributed by atoms with Gasteiger partial charge in [-0.05, 0) is 38.5 Å². The number of aliphatic hydroxyl groups excluding tert-OH is 2. The second kappa shape index (κ2) is 45.7. The number of unbranched alkanes of at least 4 members (excludes halogenated alkanes) is 32. The minimum absolute atomic E-state index is 0.196. The van der Waals surface area contributed by atoms with Crippen LogP contribution in [0.2, 0.25) is 0 Å². The average Bonchev–Trinajstić information content (AvgIpc) is 3.24. The molecular formula is C49H95O10P. The second-order valence-corrected chi connectivity index (χ2v) is 18.6. The number of rotatable bonds is 48. The van der Waals surface area contributed by atoms with E-state index in [4.69, 9.17) is 18.5 Å². The number of aliphatic hydroxyl groups is 2. The van der Waals surface area contributed by atoms with Crippen molar-refractivity contribution in [3.8, 4) is 0 Å². The zero-order valence-electron chi connectivity index (χ0n) is 38.9. The first kappa shape index (κ1) is 58.7. The number of carbonyl (C=O) groups excluding carboxylic acids is 2. The van der Waals surface area contributed by atoms with Gasteiger partial charge in [0.25, 0.3) is 0 Å². The minimum Gasteiger partial charge on any atom is -0.457 e. The molecule has 0 aliphatic heterocycles. The Balaban J connectivity index is 3.80. The van der Waals surface area contributed by atoms with Gasteiger partial charge in [-0.3, -0.25) is 18.6 Å². The first-order valence-corrected chi connectivity index (χ1v) is 26.6. The first-order chi connectivity index (χ1) is 29.3. The molecule has 0 aliphatic carbocycles. The lowest BCUT2D eigenvalue weighted by atomic mass is 10.0. The number of allylic oxidation sites excluding steroid dienone is 2. The van der Waals surface area contributed by atoms with Gasteiger partial charge < -0.3 is 24.6 Å². The Kier molecular flexibility index (Phi) is 44.7. The van der Waals surface area contributed by atoms with Crippen molar-refractivity contribution in [3.05, 3.63) is 12.2 Å². The monoisotopic (exact) mass is 875 g/mol. The molecule has 60 heavy (non-hydrogen) atoms. The Morgan fingerprint density at radius 2 is 0.683 bits per heavy atom. The Bertz CT molecular complexity index is 1010. The minimum atomic E-state index is -4.63. The summed E-state index contributed by atoms with van der Waals surface area (Å²) in [4.78, 5) is 34.6. The third kappa shape index (κ3) is 43.4. The van der Waals surface area contributed by atoms with Crippen LogP contribution in [0.1, 0.15) is 251 Å². The standard InChI is InChI=1S/C49H95O10P/c1-3-5-7-9-11-13-15-17-19-20-21-22-23-24-25-26-27-29-31-33-35-37-39-41-49(53)59-47(43-51)45-57-60(54,55)56-44-46(42-50)58-48(52)40-38-36-34-32-30-28-18-16-14-12-10-8-6-4-2/h20-21,46-47,50-51H,3-19,22-45H2,1-2H3,(H,54,55)/b21-20-. The van der Waals surface area contributed by atoms with Gasteiger partial charge in [0.1, 0.15) is 12.2 Å². The lowest BCUT2D eigenvalue weighted by molar-refractivity contribution is -0.153. The van der Waals surface area contributed by atoms with Gasteiger partial charge in [-0.25, -0.2) is 4.57 Å². The number of hydrogen-bond acceptors (Lipinski definition) is 9. The van der Waals surface area contributed by atoms with E-state index in [0.29, 0.717) is 12.8 Å². The number of phosphoric acid groups is 1. The fourth-order valence-electron chi connectivity index (χ4n) is 7.35. The fourth-order valence-corrected chi connectivity index (χ4v) is 8.13. The largest absolute Gasteiger partial charge is 0.472 e. The Morgan fingerprint density at radius 3 is 0.950 bits per heavy atom. The molecule has 356 valence electrons. The quantitative estimate of drug-likeness (QED) is 0.0233. The van der Waals surface area contributed by atoms with E-state index < -0.39 is 58.4 Å². The van der Waals surface area contributed by atoms with Crippen molar-refractivity contribution in [1.29, 1.82) is 0 Å². The molecule has 0 aromatic rings. The number of hydrogen-bond donors (Lipinski definition) is 3. The van der Waals surface area contributed by atoms with Gasteiger partial charge in [0.15, 0.2) is 0 Å². The molecule has 3 N–H and O–H groups in total. The van der Waals surface area contributed by atoms with Crippen LogP contribution in [0, 0.1) is 0 Å². The van der Waals surface area contributed by atoms with Crippen LogP contribution in [0.3, 0.4) is 0 Å². The molecule has 0 heterocycles. The van der Waals surface area contributed by atoms with Crippen molar-refractivity contribution >= 4 is 19.8 Å². The molecular weight excluding hydrogens is 780 g/mol. The molecule has 0 aromatic heterocycles. The van der Waals surface area contributed by atoms with E-state index >= 15 is 0 Å². The summed E-state index contributed by atoms with van der Waals surface area (Å²) in [5.41, 5.74) is 0. The molecule has 0 bridgehead atoms. The highest BCUT2D eigenvalue weighted by atomic mass is 31.2. The van der Waals surface area contributed by atoms with Gasteiger partial charge in [0.2, 0.25) is 0 Å². The topological polar surface area (TPSA) is 149 Å². The van der Waals surface area contributed by atoms with Crippen LogP contribution in [0.25, 0.3) is 0 Å². The number of carbonyl (C=O) groups is 2. The molecule has 11 heteroatoms. The highest BCUT2D eigenvalue weighted by Crippen LogP contribution is 2.43. The van der Waals surface area contributed by atoms with Crippen LogP contribution >= 0.6 is 7.82 Å². The maximum atomic E-state index is 12.4. The van der Waals surface area contributed by atoms with Gasteiger partial charge in [-0.2, -0.15) is 0 Å². The van der Waals surface area contributed by atoms with E-state index in [-0.39, 0.29) is 12.8 Å². The zero-order valence-corrected chi connectivity index (χ0v) is 39.8. The highest BCUT2D eigenvalue weighted by molar-refractivity contribution is 7.47. The summed E-state index contributed by atoms with van der Waals surface area (Å²) in [5, 5.41) is 19.2. The van der Waals surface area contributed by atoms with Crippen molar-refractivity contribution in [2.24, 2.45) is 0 Å². The molecule has 0 saturated heterocycles. The van der Waals surface area contributed by atoms with Crippen molar-refractivity contribution in [1.82, 2.24) is 0 Å². The number of phosphoric ester groups is 1. The lowest BCUT2D eigenvalue weighted by Crippen LogP contribution is -2.28. The maximum Gasteiger partial charge on any atom is 0.472 e. The number of ether oxygens (including phenoxy) is 2. The van der Waals surface area contributed by atoms with E-state index in [1.807, 2.05) is 0 Å². The third-order valence-corrected chi connectivity index (χ3v) is 12.2. The van der Waals surface area contributed by atoms with Crippen molar-refractivity contribution in [3.63, 3.8) is 0 Å². The third-order valence-electron chi connectivity index (χ3n) is 11.2. The van der Waals surface area contributed by atoms with Crippen molar-refractivity contribution in [2.75, 3.05) is 26.4 Å².